The maximum absolute atomic E-state index is 12.1. The molecule has 108 valence electrons. The van der Waals surface area contributed by atoms with Crippen LogP contribution >= 0.6 is 0 Å². The molecular weight excluding hydrogens is 278 g/mol. The third kappa shape index (κ3) is 2.42. The maximum Gasteiger partial charge on any atom is 0.359 e. The number of carbonyl (C=O) groups excluding carboxylic acids is 1. The molecule has 22 heavy (non-hydrogen) atoms. The number of carbonyl (C=O) groups is 1. The van der Waals surface area contributed by atoms with Gasteiger partial charge in [0, 0.05) is 18.0 Å². The van der Waals surface area contributed by atoms with Crippen molar-refractivity contribution in [2.45, 2.75) is 6.92 Å². The van der Waals surface area contributed by atoms with E-state index in [-0.39, 0.29) is 5.69 Å². The molecule has 0 amide bonds. The van der Waals surface area contributed by atoms with Gasteiger partial charge in [-0.2, -0.15) is 5.26 Å². The number of benzene rings is 1. The van der Waals surface area contributed by atoms with Crippen molar-refractivity contribution in [3.8, 4) is 17.3 Å². The molecule has 0 fully saturated rings. The topological polar surface area (TPSA) is 67.4 Å². The average molecular weight is 291 g/mol. The molecule has 0 bridgehead atoms. The fraction of sp³-hybridized carbons (Fsp3) is 0.118. The molecule has 0 saturated carbocycles. The van der Waals surface area contributed by atoms with Gasteiger partial charge in [-0.1, -0.05) is 12.1 Å². The Morgan fingerprint density at radius 2 is 2.23 bits per heavy atom. The first-order valence-electron chi connectivity index (χ1n) is 6.88. The highest BCUT2D eigenvalue weighted by Crippen LogP contribution is 2.21. The number of hydrogen-bond acceptors (Lipinski definition) is 4. The second-order valence-electron chi connectivity index (χ2n) is 4.69. The van der Waals surface area contributed by atoms with Crippen LogP contribution in [0.2, 0.25) is 0 Å². The molecule has 0 aliphatic heterocycles. The van der Waals surface area contributed by atoms with Crippen LogP contribution < -0.4 is 0 Å². The van der Waals surface area contributed by atoms with Crippen molar-refractivity contribution in [3.05, 3.63) is 60.0 Å². The van der Waals surface area contributed by atoms with Crippen LogP contribution in [-0.4, -0.2) is 22.0 Å². The van der Waals surface area contributed by atoms with Crippen molar-refractivity contribution in [1.82, 2.24) is 9.38 Å². The first-order valence-corrected chi connectivity index (χ1v) is 6.88. The minimum absolute atomic E-state index is 0.270. The number of nitriles is 1. The van der Waals surface area contributed by atoms with E-state index in [0.29, 0.717) is 23.4 Å². The van der Waals surface area contributed by atoms with Crippen molar-refractivity contribution >= 4 is 11.5 Å². The Morgan fingerprint density at radius 1 is 1.36 bits per heavy atom. The summed E-state index contributed by atoms with van der Waals surface area (Å²) in [5, 5.41) is 9.01. The van der Waals surface area contributed by atoms with Crippen molar-refractivity contribution < 1.29 is 9.53 Å². The third-order valence-corrected chi connectivity index (χ3v) is 3.27. The number of ether oxygens (including phenoxy) is 1. The standard InChI is InChI=1S/C17H13N3O2/c1-2-22-17(21)16-15-7-4-8-20(15)11-14(19-16)13-6-3-5-12(9-13)10-18/h3-9,11H,2H2,1H3. The zero-order valence-corrected chi connectivity index (χ0v) is 12.0. The quantitative estimate of drug-likeness (QED) is 0.695. The van der Waals surface area contributed by atoms with Crippen LogP contribution in [-0.2, 0) is 4.74 Å². The summed E-state index contributed by atoms with van der Waals surface area (Å²) in [5.74, 6) is -0.454. The van der Waals surface area contributed by atoms with Crippen LogP contribution in [0.15, 0.2) is 48.8 Å². The van der Waals surface area contributed by atoms with E-state index in [2.05, 4.69) is 11.1 Å². The van der Waals surface area contributed by atoms with Crippen LogP contribution in [0, 0.1) is 11.3 Å². The van der Waals surface area contributed by atoms with Gasteiger partial charge in [-0.05, 0) is 31.2 Å². The van der Waals surface area contributed by atoms with Gasteiger partial charge in [-0.15, -0.1) is 0 Å². The van der Waals surface area contributed by atoms with Crippen LogP contribution in [0.4, 0.5) is 0 Å². The minimum atomic E-state index is -0.454. The molecule has 0 spiro atoms. The van der Waals surface area contributed by atoms with Crippen LogP contribution in [0.1, 0.15) is 23.0 Å². The van der Waals surface area contributed by atoms with Gasteiger partial charge in [0.05, 0.1) is 29.5 Å². The second kappa shape index (κ2) is 5.70. The van der Waals surface area contributed by atoms with E-state index >= 15 is 0 Å². The van der Waals surface area contributed by atoms with E-state index in [1.807, 2.05) is 35.0 Å². The van der Waals surface area contributed by atoms with Gasteiger partial charge >= 0.3 is 5.97 Å². The molecule has 1 aromatic carbocycles. The Balaban J connectivity index is 2.18. The molecule has 2 aromatic heterocycles. The lowest BCUT2D eigenvalue weighted by molar-refractivity contribution is 0.0521. The monoisotopic (exact) mass is 291 g/mol. The fourth-order valence-electron chi connectivity index (χ4n) is 2.28. The molecule has 3 rings (SSSR count). The van der Waals surface area contributed by atoms with Gasteiger partial charge in [-0.3, -0.25) is 0 Å². The summed E-state index contributed by atoms with van der Waals surface area (Å²) in [6.07, 6.45) is 3.67. The van der Waals surface area contributed by atoms with E-state index in [0.717, 1.165) is 5.56 Å². The Kier molecular flexibility index (Phi) is 3.58. The molecule has 5 nitrogen and oxygen atoms in total. The molecule has 3 aromatic rings. The SMILES string of the molecule is CCOC(=O)c1nc(-c2cccc(C#N)c2)cn2cccc12. The molecule has 0 aliphatic carbocycles. The number of rotatable bonds is 3. The number of fused-ring (bicyclic) bond motifs is 1. The lowest BCUT2D eigenvalue weighted by Crippen LogP contribution is -2.10. The van der Waals surface area contributed by atoms with Crippen molar-refractivity contribution in [1.29, 1.82) is 5.26 Å². The summed E-state index contributed by atoms with van der Waals surface area (Å²) in [4.78, 5) is 16.5. The van der Waals surface area contributed by atoms with Crippen LogP contribution in [0.5, 0.6) is 0 Å². The molecule has 0 aliphatic rings. The molecule has 0 saturated heterocycles. The molecule has 0 radical (unpaired) electrons. The Labute approximate surface area is 127 Å². The van der Waals surface area contributed by atoms with E-state index in [4.69, 9.17) is 10.00 Å². The second-order valence-corrected chi connectivity index (χ2v) is 4.69. The van der Waals surface area contributed by atoms with Gasteiger partial charge in [-0.25, -0.2) is 9.78 Å². The Bertz CT molecular complexity index is 890. The maximum atomic E-state index is 12.1. The lowest BCUT2D eigenvalue weighted by atomic mass is 10.1. The normalized spacial score (nSPS) is 10.4. The molecule has 0 N–H and O–H groups in total. The molecule has 5 heteroatoms. The number of hydrogen-bond donors (Lipinski definition) is 0. The van der Waals surface area contributed by atoms with E-state index in [9.17, 15) is 4.79 Å². The molecular formula is C17H13N3O2. The summed E-state index contributed by atoms with van der Waals surface area (Å²) >= 11 is 0. The summed E-state index contributed by atoms with van der Waals surface area (Å²) in [6, 6.07) is 12.9. The van der Waals surface area contributed by atoms with Crippen molar-refractivity contribution in [2.24, 2.45) is 0 Å². The minimum Gasteiger partial charge on any atom is -0.461 e. The Hall–Kier alpha value is -3.13. The Morgan fingerprint density at radius 3 is 3.00 bits per heavy atom. The third-order valence-electron chi connectivity index (χ3n) is 3.27. The highest BCUT2D eigenvalue weighted by atomic mass is 16.5. The average Bonchev–Trinajstić information content (AvgIpc) is 3.02. The first kappa shape index (κ1) is 13.8. The number of esters is 1. The van der Waals surface area contributed by atoms with Gasteiger partial charge in [0.25, 0.3) is 0 Å². The smallest absolute Gasteiger partial charge is 0.359 e. The number of nitrogens with zero attached hydrogens (tertiary/aromatic N) is 3. The summed E-state index contributed by atoms with van der Waals surface area (Å²) in [5.41, 5.74) is 2.90. The summed E-state index contributed by atoms with van der Waals surface area (Å²) < 4.78 is 6.90. The highest BCUT2D eigenvalue weighted by Gasteiger charge is 2.16. The molecule has 0 unspecified atom stereocenters. The van der Waals surface area contributed by atoms with E-state index in [1.54, 1.807) is 25.1 Å². The summed E-state index contributed by atoms with van der Waals surface area (Å²) in [7, 11) is 0. The van der Waals surface area contributed by atoms with Crippen molar-refractivity contribution in [2.75, 3.05) is 6.61 Å². The predicted molar refractivity (Wildman–Crippen MR) is 81.3 cm³/mol. The summed E-state index contributed by atoms with van der Waals surface area (Å²) in [6.45, 7) is 2.05. The fourth-order valence-corrected chi connectivity index (χ4v) is 2.28. The zero-order valence-electron chi connectivity index (χ0n) is 12.0. The molecule has 0 atom stereocenters. The highest BCUT2D eigenvalue weighted by molar-refractivity contribution is 5.95. The molecule has 2 heterocycles. The van der Waals surface area contributed by atoms with E-state index < -0.39 is 5.97 Å². The van der Waals surface area contributed by atoms with Gasteiger partial charge < -0.3 is 9.14 Å². The lowest BCUT2D eigenvalue weighted by Gasteiger charge is -2.08. The largest absolute Gasteiger partial charge is 0.461 e. The van der Waals surface area contributed by atoms with Gasteiger partial charge in [0.2, 0.25) is 0 Å². The number of aromatic nitrogens is 2. The van der Waals surface area contributed by atoms with Gasteiger partial charge in [0.15, 0.2) is 5.69 Å². The first-order chi connectivity index (χ1) is 10.7. The van der Waals surface area contributed by atoms with Crippen LogP contribution in [0.25, 0.3) is 16.8 Å². The predicted octanol–water partition coefficient (Wildman–Crippen LogP) is 3.05. The van der Waals surface area contributed by atoms with Crippen molar-refractivity contribution in [3.63, 3.8) is 0 Å². The van der Waals surface area contributed by atoms with Crippen LogP contribution in [0.3, 0.4) is 0 Å². The zero-order chi connectivity index (χ0) is 15.5. The van der Waals surface area contributed by atoms with E-state index in [1.165, 1.54) is 0 Å². The van der Waals surface area contributed by atoms with Gasteiger partial charge in [0.1, 0.15) is 0 Å².